The molecule has 0 spiro atoms. The van der Waals surface area contributed by atoms with Crippen molar-refractivity contribution < 1.29 is 29.9 Å². The van der Waals surface area contributed by atoms with E-state index in [1.807, 2.05) is 0 Å². The minimum Gasteiger partial charge on any atom is -0.394 e. The van der Waals surface area contributed by atoms with E-state index in [2.05, 4.69) is 20.3 Å². The first-order valence-electron chi connectivity index (χ1n) is 9.27. The van der Waals surface area contributed by atoms with E-state index < -0.39 is 52.4 Å². The van der Waals surface area contributed by atoms with Gasteiger partial charge in [0.2, 0.25) is 0 Å². The van der Waals surface area contributed by atoms with Crippen LogP contribution in [0.4, 0.5) is 17.2 Å². The number of ether oxygens (including phenoxy) is 1. The van der Waals surface area contributed by atoms with Gasteiger partial charge in [-0.05, 0) is 11.6 Å². The van der Waals surface area contributed by atoms with Crippen molar-refractivity contribution in [2.75, 3.05) is 11.9 Å². The number of nitro groups is 2. The van der Waals surface area contributed by atoms with Gasteiger partial charge in [-0.3, -0.25) is 24.8 Å². The van der Waals surface area contributed by atoms with Gasteiger partial charge in [0, 0.05) is 18.7 Å². The molecule has 15 nitrogen and oxygen atoms in total. The van der Waals surface area contributed by atoms with Crippen molar-refractivity contribution in [1.29, 1.82) is 0 Å². The van der Waals surface area contributed by atoms with Gasteiger partial charge in [-0.25, -0.2) is 15.0 Å². The van der Waals surface area contributed by atoms with Crippen LogP contribution in [-0.2, 0) is 11.3 Å². The first-order chi connectivity index (χ1) is 15.3. The number of anilines is 1. The number of nitro benzene ring substituents is 2. The van der Waals surface area contributed by atoms with Crippen LogP contribution < -0.4 is 5.32 Å². The van der Waals surface area contributed by atoms with Crippen LogP contribution >= 0.6 is 0 Å². The molecule has 0 bridgehead atoms. The van der Waals surface area contributed by atoms with Gasteiger partial charge >= 0.3 is 11.4 Å². The van der Waals surface area contributed by atoms with Crippen molar-refractivity contribution in [3.63, 3.8) is 0 Å². The normalized spacial score (nSPS) is 22.8. The Labute approximate surface area is 178 Å². The molecule has 2 aromatic heterocycles. The summed E-state index contributed by atoms with van der Waals surface area (Å²) in [5.74, 6) is 0.265. The van der Waals surface area contributed by atoms with E-state index >= 15 is 0 Å². The first-order valence-corrected chi connectivity index (χ1v) is 9.27. The van der Waals surface area contributed by atoms with Crippen LogP contribution in [0.2, 0.25) is 0 Å². The number of rotatable bonds is 7. The van der Waals surface area contributed by atoms with E-state index in [-0.39, 0.29) is 18.0 Å². The summed E-state index contributed by atoms with van der Waals surface area (Å²) in [7, 11) is 0. The Morgan fingerprint density at radius 2 is 1.84 bits per heavy atom. The van der Waals surface area contributed by atoms with Gasteiger partial charge in [-0.2, -0.15) is 0 Å². The molecule has 1 aromatic carbocycles. The Hall–Kier alpha value is -3.79. The van der Waals surface area contributed by atoms with E-state index in [0.29, 0.717) is 11.1 Å². The zero-order valence-electron chi connectivity index (χ0n) is 16.2. The van der Waals surface area contributed by atoms with Crippen LogP contribution in [0.1, 0.15) is 11.8 Å². The van der Waals surface area contributed by atoms with Crippen molar-refractivity contribution >= 4 is 28.4 Å². The van der Waals surface area contributed by atoms with Gasteiger partial charge < -0.3 is 25.4 Å². The third-order valence-corrected chi connectivity index (χ3v) is 5.04. The smallest absolute Gasteiger partial charge is 0.346 e. The molecule has 15 heteroatoms. The maximum atomic E-state index is 11.1. The summed E-state index contributed by atoms with van der Waals surface area (Å²) < 4.78 is 6.89. The zero-order chi connectivity index (χ0) is 23.0. The molecule has 0 amide bonds. The molecule has 1 aliphatic heterocycles. The molecule has 4 atom stereocenters. The molecule has 1 fully saturated rings. The number of fused-ring (bicyclic) bond motifs is 1. The second kappa shape index (κ2) is 8.39. The molecule has 0 saturated carbocycles. The average molecular weight is 447 g/mol. The van der Waals surface area contributed by atoms with E-state index in [4.69, 9.17) is 4.74 Å². The van der Waals surface area contributed by atoms with Gasteiger partial charge in [0.1, 0.15) is 24.6 Å². The number of aliphatic hydroxyl groups excluding tert-OH is 3. The number of hydrogen-bond acceptors (Lipinski definition) is 12. The maximum absolute atomic E-state index is 11.1. The Kier molecular flexibility index (Phi) is 5.62. The highest BCUT2D eigenvalue weighted by molar-refractivity contribution is 5.82. The molecular formula is C17H17N7O8. The molecule has 32 heavy (non-hydrogen) atoms. The second-order valence-electron chi connectivity index (χ2n) is 6.97. The molecule has 1 aliphatic rings. The number of hydrogen-bond donors (Lipinski definition) is 4. The molecule has 0 radical (unpaired) electrons. The minimum absolute atomic E-state index is 0.0473. The lowest BCUT2D eigenvalue weighted by Crippen LogP contribution is -2.33. The molecule has 0 aliphatic carbocycles. The molecular weight excluding hydrogens is 430 g/mol. The second-order valence-corrected chi connectivity index (χ2v) is 6.97. The lowest BCUT2D eigenvalue weighted by atomic mass is 10.1. The quantitative estimate of drug-likeness (QED) is 0.275. The molecule has 1 saturated heterocycles. The lowest BCUT2D eigenvalue weighted by molar-refractivity contribution is -0.422. The number of imidazole rings is 1. The topological polar surface area (TPSA) is 212 Å². The predicted octanol–water partition coefficient (Wildman–Crippen LogP) is -0.134. The fourth-order valence-electron chi connectivity index (χ4n) is 3.44. The predicted molar refractivity (Wildman–Crippen MR) is 105 cm³/mol. The molecule has 4 N–H and O–H groups in total. The summed E-state index contributed by atoms with van der Waals surface area (Å²) in [5.41, 5.74) is -0.276. The zero-order valence-corrected chi connectivity index (χ0v) is 16.2. The number of aliphatic hydroxyl groups is 3. The van der Waals surface area contributed by atoms with Crippen LogP contribution in [0.15, 0.2) is 30.9 Å². The van der Waals surface area contributed by atoms with Crippen LogP contribution in [0.5, 0.6) is 0 Å². The van der Waals surface area contributed by atoms with E-state index in [0.717, 1.165) is 12.1 Å². The van der Waals surface area contributed by atoms with Crippen molar-refractivity contribution in [3.8, 4) is 0 Å². The van der Waals surface area contributed by atoms with E-state index in [1.165, 1.54) is 23.3 Å². The number of nitrogens with one attached hydrogen (secondary N) is 1. The molecule has 3 aromatic rings. The highest BCUT2D eigenvalue weighted by Crippen LogP contribution is 2.32. The van der Waals surface area contributed by atoms with Gasteiger partial charge in [0.15, 0.2) is 23.2 Å². The Morgan fingerprint density at radius 1 is 1.09 bits per heavy atom. The van der Waals surface area contributed by atoms with Crippen molar-refractivity contribution in [3.05, 3.63) is 56.6 Å². The van der Waals surface area contributed by atoms with Crippen LogP contribution in [0, 0.1) is 20.2 Å². The van der Waals surface area contributed by atoms with Crippen molar-refractivity contribution in [2.24, 2.45) is 0 Å². The summed E-state index contributed by atoms with van der Waals surface area (Å²) in [6, 6.07) is 3.54. The third-order valence-electron chi connectivity index (χ3n) is 5.04. The lowest BCUT2D eigenvalue weighted by Gasteiger charge is -2.16. The van der Waals surface area contributed by atoms with Gasteiger partial charge in [-0.15, -0.1) is 0 Å². The average Bonchev–Trinajstić information content (AvgIpc) is 3.33. The van der Waals surface area contributed by atoms with E-state index in [9.17, 15) is 35.5 Å². The van der Waals surface area contributed by atoms with E-state index in [1.54, 1.807) is 0 Å². The summed E-state index contributed by atoms with van der Waals surface area (Å²) in [6.45, 7) is -0.434. The highest BCUT2D eigenvalue weighted by atomic mass is 16.6. The molecule has 0 unspecified atom stereocenters. The molecule has 168 valence electrons. The number of benzene rings is 1. The monoisotopic (exact) mass is 447 g/mol. The summed E-state index contributed by atoms with van der Waals surface area (Å²) in [4.78, 5) is 32.9. The summed E-state index contributed by atoms with van der Waals surface area (Å²) >= 11 is 0. The molecule has 3 heterocycles. The van der Waals surface area contributed by atoms with Crippen molar-refractivity contribution in [2.45, 2.75) is 31.1 Å². The first kappa shape index (κ1) is 21.4. The van der Waals surface area contributed by atoms with Gasteiger partial charge in [0.25, 0.3) is 0 Å². The Balaban J connectivity index is 1.59. The Bertz CT molecular complexity index is 1180. The molecule has 4 rings (SSSR count). The summed E-state index contributed by atoms with van der Waals surface area (Å²) in [5, 5.41) is 54.5. The number of aromatic nitrogens is 4. The van der Waals surface area contributed by atoms with Gasteiger partial charge in [-0.1, -0.05) is 0 Å². The number of nitrogens with zero attached hydrogens (tertiary/aromatic N) is 6. The summed E-state index contributed by atoms with van der Waals surface area (Å²) in [6.07, 6.45) is -2.06. The fraction of sp³-hybridized carbons (Fsp3) is 0.353. The maximum Gasteiger partial charge on any atom is 0.346 e. The van der Waals surface area contributed by atoms with Crippen molar-refractivity contribution in [1.82, 2.24) is 19.5 Å². The standard InChI is InChI=1S/C17H17N7O8/c25-5-11-13(26)14(27)17(32-11)22-7-21-12-15(19-6-20-16(12)22)18-4-8-1-2-9(23(28)29)10(3-8)24(30)31/h1-3,6-7,11,13-14,17,25-27H,4-5H2,(H,18,19,20)/t11-,13-,14-,17-/m1/s1. The van der Waals surface area contributed by atoms with Gasteiger partial charge in [0.05, 0.1) is 22.8 Å². The Morgan fingerprint density at radius 3 is 2.50 bits per heavy atom. The third kappa shape index (κ3) is 3.69. The SMILES string of the molecule is O=[N+]([O-])c1ccc(CNc2ncnc3c2ncn3[C@@H]2O[C@H](CO)[C@@H](O)[C@H]2O)cc1[N+](=O)[O-]. The largest absolute Gasteiger partial charge is 0.394 e. The fourth-order valence-corrected chi connectivity index (χ4v) is 3.44. The van der Waals surface area contributed by atoms with Crippen LogP contribution in [0.25, 0.3) is 11.2 Å². The highest BCUT2D eigenvalue weighted by Gasteiger charge is 2.44. The van der Waals surface area contributed by atoms with Crippen LogP contribution in [-0.4, -0.2) is 69.6 Å². The minimum atomic E-state index is -1.32. The van der Waals surface area contributed by atoms with Crippen LogP contribution in [0.3, 0.4) is 0 Å².